The van der Waals surface area contributed by atoms with Crippen LogP contribution in [0.5, 0.6) is 0 Å². The molecule has 92 valence electrons. The fourth-order valence-electron chi connectivity index (χ4n) is 1.52. The number of carbonyl (C=O) groups is 2. The zero-order valence-electron chi connectivity index (χ0n) is 10.0. The Bertz CT molecular complexity index is 387. The zero-order chi connectivity index (χ0) is 12.8. The van der Waals surface area contributed by atoms with E-state index >= 15 is 0 Å². The van der Waals surface area contributed by atoms with Crippen LogP contribution in [0.1, 0.15) is 30.6 Å². The molecular formula is C13H17NO3. The van der Waals surface area contributed by atoms with Gasteiger partial charge >= 0.3 is 5.97 Å². The van der Waals surface area contributed by atoms with Crippen LogP contribution in [0.2, 0.25) is 0 Å². The standard InChI is InChI=1S/C13H17NO3/c1-9(2)8-11(13(16)17)14-12(15)10-6-4-3-5-7-10/h3-7,9,11H,8H2,1-2H3,(H,14,15)(H,16,17)/t11-/m1/s1. The van der Waals surface area contributed by atoms with Gasteiger partial charge in [-0.25, -0.2) is 4.79 Å². The smallest absolute Gasteiger partial charge is 0.326 e. The van der Waals surface area contributed by atoms with Crippen LogP contribution in [0.25, 0.3) is 0 Å². The molecule has 0 bridgehead atoms. The summed E-state index contributed by atoms with van der Waals surface area (Å²) in [7, 11) is 0. The van der Waals surface area contributed by atoms with Crippen molar-refractivity contribution < 1.29 is 14.7 Å². The molecule has 0 fully saturated rings. The first-order chi connectivity index (χ1) is 8.00. The number of hydrogen-bond donors (Lipinski definition) is 2. The van der Waals surface area contributed by atoms with E-state index < -0.39 is 12.0 Å². The van der Waals surface area contributed by atoms with Gasteiger partial charge in [0.1, 0.15) is 6.04 Å². The van der Waals surface area contributed by atoms with Gasteiger partial charge in [0.2, 0.25) is 0 Å². The number of aliphatic carboxylic acids is 1. The monoisotopic (exact) mass is 235 g/mol. The van der Waals surface area contributed by atoms with Gasteiger partial charge in [0.25, 0.3) is 5.91 Å². The second kappa shape index (κ2) is 6.03. The lowest BCUT2D eigenvalue weighted by Crippen LogP contribution is -2.41. The van der Waals surface area contributed by atoms with Crippen LogP contribution in [0.3, 0.4) is 0 Å². The number of carboxylic acid groups (broad SMARTS) is 1. The van der Waals surface area contributed by atoms with Crippen LogP contribution in [-0.4, -0.2) is 23.0 Å². The van der Waals surface area contributed by atoms with E-state index in [0.717, 1.165) is 0 Å². The summed E-state index contributed by atoms with van der Waals surface area (Å²) in [5, 5.41) is 11.5. The summed E-state index contributed by atoms with van der Waals surface area (Å²) >= 11 is 0. The topological polar surface area (TPSA) is 66.4 Å². The molecule has 2 N–H and O–H groups in total. The highest BCUT2D eigenvalue weighted by Crippen LogP contribution is 2.06. The highest BCUT2D eigenvalue weighted by Gasteiger charge is 2.21. The molecule has 0 aromatic heterocycles. The van der Waals surface area contributed by atoms with Crippen LogP contribution in [0, 0.1) is 5.92 Å². The minimum Gasteiger partial charge on any atom is -0.480 e. The molecule has 0 aliphatic heterocycles. The van der Waals surface area contributed by atoms with Gasteiger partial charge in [0.15, 0.2) is 0 Å². The van der Waals surface area contributed by atoms with Crippen LogP contribution < -0.4 is 5.32 Å². The molecule has 1 atom stereocenters. The molecule has 1 amide bonds. The summed E-state index contributed by atoms with van der Waals surface area (Å²) in [6.07, 6.45) is 0.425. The number of carbonyl (C=O) groups excluding carboxylic acids is 1. The number of carboxylic acids is 1. The second-order valence-electron chi connectivity index (χ2n) is 4.36. The molecule has 1 aromatic rings. The summed E-state index contributed by atoms with van der Waals surface area (Å²) in [5.41, 5.74) is 0.475. The molecule has 4 heteroatoms. The van der Waals surface area contributed by atoms with Gasteiger partial charge in [0, 0.05) is 5.56 Å². The first kappa shape index (κ1) is 13.2. The molecule has 4 nitrogen and oxygen atoms in total. The number of benzene rings is 1. The fraction of sp³-hybridized carbons (Fsp3) is 0.385. The lowest BCUT2D eigenvalue weighted by molar-refractivity contribution is -0.139. The Kier molecular flexibility index (Phi) is 4.69. The van der Waals surface area contributed by atoms with E-state index in [9.17, 15) is 9.59 Å². The van der Waals surface area contributed by atoms with Gasteiger partial charge in [-0.15, -0.1) is 0 Å². The average Bonchev–Trinajstić information content (AvgIpc) is 2.28. The third kappa shape index (κ3) is 4.26. The van der Waals surface area contributed by atoms with Gasteiger partial charge in [-0.05, 0) is 24.5 Å². The molecule has 0 aliphatic rings. The van der Waals surface area contributed by atoms with Crippen LogP contribution >= 0.6 is 0 Å². The van der Waals surface area contributed by atoms with E-state index in [1.165, 1.54) is 0 Å². The van der Waals surface area contributed by atoms with Crippen molar-refractivity contribution in [2.45, 2.75) is 26.3 Å². The predicted molar refractivity (Wildman–Crippen MR) is 64.8 cm³/mol. The number of rotatable bonds is 5. The normalized spacial score (nSPS) is 12.2. The van der Waals surface area contributed by atoms with E-state index in [4.69, 9.17) is 5.11 Å². The predicted octanol–water partition coefficient (Wildman–Crippen LogP) is 1.92. The van der Waals surface area contributed by atoms with Gasteiger partial charge in [-0.3, -0.25) is 4.79 Å². The Balaban J connectivity index is 2.68. The highest BCUT2D eigenvalue weighted by molar-refractivity contribution is 5.96. The maximum absolute atomic E-state index is 11.8. The van der Waals surface area contributed by atoms with Crippen LogP contribution in [0.15, 0.2) is 30.3 Å². The van der Waals surface area contributed by atoms with E-state index in [1.807, 2.05) is 13.8 Å². The quantitative estimate of drug-likeness (QED) is 0.819. The molecule has 17 heavy (non-hydrogen) atoms. The molecule has 0 spiro atoms. The summed E-state index contributed by atoms with van der Waals surface area (Å²) in [6.45, 7) is 3.84. The Morgan fingerprint density at radius 1 is 1.24 bits per heavy atom. The van der Waals surface area contributed by atoms with Gasteiger partial charge in [-0.2, -0.15) is 0 Å². The van der Waals surface area contributed by atoms with E-state index in [2.05, 4.69) is 5.32 Å². The first-order valence-electron chi connectivity index (χ1n) is 5.59. The molecule has 0 heterocycles. The molecule has 0 radical (unpaired) electrons. The first-order valence-corrected chi connectivity index (χ1v) is 5.59. The van der Waals surface area contributed by atoms with E-state index in [0.29, 0.717) is 12.0 Å². The van der Waals surface area contributed by atoms with Gasteiger partial charge < -0.3 is 10.4 Å². The Morgan fingerprint density at radius 3 is 2.29 bits per heavy atom. The SMILES string of the molecule is CC(C)C[C@@H](NC(=O)c1ccccc1)C(=O)O. The number of nitrogens with one attached hydrogen (secondary N) is 1. The number of amides is 1. The van der Waals surface area contributed by atoms with E-state index in [-0.39, 0.29) is 11.8 Å². The minimum atomic E-state index is -0.997. The Hall–Kier alpha value is -1.84. The largest absolute Gasteiger partial charge is 0.480 e. The van der Waals surface area contributed by atoms with Crippen molar-refractivity contribution in [2.24, 2.45) is 5.92 Å². The minimum absolute atomic E-state index is 0.215. The summed E-state index contributed by atoms with van der Waals surface area (Å²) in [4.78, 5) is 22.8. The van der Waals surface area contributed by atoms with Gasteiger partial charge in [0.05, 0.1) is 0 Å². The Labute approximate surface area is 101 Å². The van der Waals surface area contributed by atoms with Crippen molar-refractivity contribution in [3.8, 4) is 0 Å². The molecule has 0 saturated carbocycles. The molecule has 1 aromatic carbocycles. The molecule has 0 aliphatic carbocycles. The highest BCUT2D eigenvalue weighted by atomic mass is 16.4. The third-order valence-corrected chi connectivity index (χ3v) is 2.35. The lowest BCUT2D eigenvalue weighted by atomic mass is 10.0. The summed E-state index contributed by atoms with van der Waals surface area (Å²) in [5.74, 6) is -1.13. The second-order valence-corrected chi connectivity index (χ2v) is 4.36. The van der Waals surface area contributed by atoms with Crippen molar-refractivity contribution >= 4 is 11.9 Å². The maximum atomic E-state index is 11.8. The lowest BCUT2D eigenvalue weighted by Gasteiger charge is -2.16. The molecule has 1 rings (SSSR count). The fourth-order valence-corrected chi connectivity index (χ4v) is 1.52. The number of hydrogen-bond acceptors (Lipinski definition) is 2. The van der Waals surface area contributed by atoms with Crippen LogP contribution in [0.4, 0.5) is 0 Å². The van der Waals surface area contributed by atoms with Crippen molar-refractivity contribution in [3.63, 3.8) is 0 Å². The van der Waals surface area contributed by atoms with Crippen molar-refractivity contribution in [1.82, 2.24) is 5.32 Å². The molecule has 0 saturated heterocycles. The van der Waals surface area contributed by atoms with Crippen molar-refractivity contribution in [3.05, 3.63) is 35.9 Å². The van der Waals surface area contributed by atoms with Crippen molar-refractivity contribution in [2.75, 3.05) is 0 Å². The Morgan fingerprint density at radius 2 is 1.82 bits per heavy atom. The molecule has 0 unspecified atom stereocenters. The van der Waals surface area contributed by atoms with Crippen LogP contribution in [-0.2, 0) is 4.79 Å². The van der Waals surface area contributed by atoms with Gasteiger partial charge in [-0.1, -0.05) is 32.0 Å². The average molecular weight is 235 g/mol. The maximum Gasteiger partial charge on any atom is 0.326 e. The summed E-state index contributed by atoms with van der Waals surface area (Å²) in [6, 6.07) is 7.77. The van der Waals surface area contributed by atoms with E-state index in [1.54, 1.807) is 30.3 Å². The molecular weight excluding hydrogens is 218 g/mol. The third-order valence-electron chi connectivity index (χ3n) is 2.35. The zero-order valence-corrected chi connectivity index (χ0v) is 10.0. The summed E-state index contributed by atoms with van der Waals surface area (Å²) < 4.78 is 0. The van der Waals surface area contributed by atoms with Crippen molar-refractivity contribution in [1.29, 1.82) is 0 Å².